The summed E-state index contributed by atoms with van der Waals surface area (Å²) in [5.41, 5.74) is 2.94. The Morgan fingerprint density at radius 1 is 1.27 bits per heavy atom. The largest absolute Gasteiger partial charge is 0.454 e. The van der Waals surface area contributed by atoms with E-state index in [1.54, 1.807) is 0 Å². The lowest BCUT2D eigenvalue weighted by Gasteiger charge is -2.12. The van der Waals surface area contributed by atoms with Crippen LogP contribution in [-0.4, -0.2) is 18.2 Å². The summed E-state index contributed by atoms with van der Waals surface area (Å²) in [6, 6.07) is 12.0. The summed E-state index contributed by atoms with van der Waals surface area (Å²) in [5, 5.41) is 6.27. The summed E-state index contributed by atoms with van der Waals surface area (Å²) < 4.78 is 11.6. The van der Waals surface area contributed by atoms with Crippen molar-refractivity contribution >= 4 is 45.4 Å². The highest BCUT2D eigenvalue weighted by Crippen LogP contribution is 2.39. The molecule has 5 nitrogen and oxygen atoms in total. The van der Waals surface area contributed by atoms with Crippen molar-refractivity contribution in [1.82, 2.24) is 5.32 Å². The quantitative estimate of drug-likeness (QED) is 0.703. The third kappa shape index (κ3) is 3.54. The highest BCUT2D eigenvalue weighted by molar-refractivity contribution is 9.10. The van der Waals surface area contributed by atoms with Crippen LogP contribution in [0.25, 0.3) is 6.08 Å². The Hall–Kier alpha value is -2.12. The van der Waals surface area contributed by atoms with Crippen molar-refractivity contribution in [3.63, 3.8) is 0 Å². The van der Waals surface area contributed by atoms with Gasteiger partial charge < -0.3 is 20.1 Å². The maximum atomic E-state index is 12.3. The zero-order valence-electron chi connectivity index (χ0n) is 14.0. The molecule has 2 N–H and O–H groups in total. The Morgan fingerprint density at radius 2 is 2.00 bits per heavy atom. The number of ether oxygens (including phenoxy) is 2. The van der Waals surface area contributed by atoms with E-state index in [1.807, 2.05) is 30.3 Å². The average molecular weight is 433 g/mol. The molecule has 7 heteroatoms. The fraction of sp³-hybridized carbons (Fsp3) is 0.211. The lowest BCUT2D eigenvalue weighted by Crippen LogP contribution is -2.30. The lowest BCUT2D eigenvalue weighted by atomic mass is 10.1. The monoisotopic (exact) mass is 432 g/mol. The Balaban J connectivity index is 1.50. The average Bonchev–Trinajstić information content (AvgIpc) is 3.22. The molecule has 2 aliphatic heterocycles. The van der Waals surface area contributed by atoms with Gasteiger partial charge in [0.1, 0.15) is 0 Å². The molecule has 1 amide bonds. The molecular formula is C19H17BrN2O3S. The molecule has 26 heavy (non-hydrogen) atoms. The van der Waals surface area contributed by atoms with Crippen molar-refractivity contribution in [2.75, 3.05) is 12.1 Å². The summed E-state index contributed by atoms with van der Waals surface area (Å²) in [4.78, 5) is 13.0. The van der Waals surface area contributed by atoms with E-state index in [9.17, 15) is 4.79 Å². The molecule has 0 aliphatic carbocycles. The van der Waals surface area contributed by atoms with Crippen molar-refractivity contribution in [1.29, 1.82) is 0 Å². The molecule has 1 saturated heterocycles. The minimum absolute atomic E-state index is 0.0951. The minimum Gasteiger partial charge on any atom is -0.454 e. The first-order chi connectivity index (χ1) is 12.6. The Bertz CT molecular complexity index is 883. The van der Waals surface area contributed by atoms with Crippen LogP contribution in [0.5, 0.6) is 11.5 Å². The second-order valence-electron chi connectivity index (χ2n) is 5.90. The van der Waals surface area contributed by atoms with Gasteiger partial charge in [-0.05, 0) is 47.9 Å². The van der Waals surface area contributed by atoms with Crippen LogP contribution in [0.15, 0.2) is 45.8 Å². The van der Waals surface area contributed by atoms with Crippen LogP contribution < -0.4 is 20.1 Å². The molecule has 2 aromatic rings. The van der Waals surface area contributed by atoms with Gasteiger partial charge >= 0.3 is 0 Å². The predicted molar refractivity (Wildman–Crippen MR) is 107 cm³/mol. The van der Waals surface area contributed by atoms with Gasteiger partial charge in [0.2, 0.25) is 6.79 Å². The SMILES string of the molecule is CCc1ccc(NC2NC(=O)/C(=C\c3cc4c(cc3Br)OCO4)S2)cc1. The van der Waals surface area contributed by atoms with E-state index in [0.717, 1.165) is 22.1 Å². The van der Waals surface area contributed by atoms with Crippen LogP contribution >= 0.6 is 27.7 Å². The predicted octanol–water partition coefficient (Wildman–Crippen LogP) is 4.34. The van der Waals surface area contributed by atoms with E-state index in [4.69, 9.17) is 9.47 Å². The van der Waals surface area contributed by atoms with Gasteiger partial charge in [0.05, 0.1) is 4.91 Å². The summed E-state index contributed by atoms with van der Waals surface area (Å²) >= 11 is 4.98. The van der Waals surface area contributed by atoms with Crippen LogP contribution in [0.4, 0.5) is 5.69 Å². The number of carbonyl (C=O) groups excluding carboxylic acids is 1. The minimum atomic E-state index is -0.200. The number of halogens is 1. The van der Waals surface area contributed by atoms with Gasteiger partial charge in [-0.25, -0.2) is 0 Å². The molecular weight excluding hydrogens is 416 g/mol. The van der Waals surface area contributed by atoms with Crippen molar-refractivity contribution in [3.8, 4) is 11.5 Å². The third-order valence-electron chi connectivity index (χ3n) is 4.17. The molecule has 2 heterocycles. The molecule has 2 aromatic carbocycles. The third-order valence-corrected chi connectivity index (χ3v) is 5.88. The van der Waals surface area contributed by atoms with Gasteiger partial charge in [-0.1, -0.05) is 46.7 Å². The van der Waals surface area contributed by atoms with Crippen LogP contribution in [0.3, 0.4) is 0 Å². The number of hydrogen-bond acceptors (Lipinski definition) is 5. The number of anilines is 1. The van der Waals surface area contributed by atoms with Gasteiger partial charge in [0, 0.05) is 10.2 Å². The molecule has 0 spiro atoms. The van der Waals surface area contributed by atoms with Gasteiger partial charge in [0.15, 0.2) is 17.0 Å². The molecule has 1 atom stereocenters. The van der Waals surface area contributed by atoms with E-state index >= 15 is 0 Å². The molecule has 1 fully saturated rings. The van der Waals surface area contributed by atoms with Crippen molar-refractivity contribution in [3.05, 3.63) is 56.9 Å². The number of thioether (sulfide) groups is 1. The zero-order valence-corrected chi connectivity index (χ0v) is 16.4. The summed E-state index contributed by atoms with van der Waals surface area (Å²) in [6.07, 6.45) is 2.86. The number of hydrogen-bond donors (Lipinski definition) is 2. The molecule has 1 unspecified atom stereocenters. The van der Waals surface area contributed by atoms with Crippen LogP contribution in [0.2, 0.25) is 0 Å². The zero-order chi connectivity index (χ0) is 18.1. The molecule has 4 rings (SSSR count). The topological polar surface area (TPSA) is 59.6 Å². The van der Waals surface area contributed by atoms with Crippen molar-refractivity contribution < 1.29 is 14.3 Å². The van der Waals surface area contributed by atoms with Gasteiger partial charge in [-0.2, -0.15) is 0 Å². The highest BCUT2D eigenvalue weighted by atomic mass is 79.9. The van der Waals surface area contributed by atoms with Gasteiger partial charge in [-0.15, -0.1) is 0 Å². The highest BCUT2D eigenvalue weighted by Gasteiger charge is 2.27. The van der Waals surface area contributed by atoms with Crippen LogP contribution in [0, 0.1) is 0 Å². The fourth-order valence-electron chi connectivity index (χ4n) is 2.74. The van der Waals surface area contributed by atoms with Crippen LogP contribution in [-0.2, 0) is 11.2 Å². The molecule has 2 aliphatic rings. The number of benzene rings is 2. The number of nitrogens with one attached hydrogen (secondary N) is 2. The van der Waals surface area contributed by atoms with E-state index in [-0.39, 0.29) is 18.2 Å². The van der Waals surface area contributed by atoms with E-state index < -0.39 is 0 Å². The lowest BCUT2D eigenvalue weighted by molar-refractivity contribution is -0.116. The van der Waals surface area contributed by atoms with Gasteiger partial charge in [-0.3, -0.25) is 4.79 Å². The smallest absolute Gasteiger partial charge is 0.260 e. The Labute approximate surface area is 164 Å². The Morgan fingerprint density at radius 3 is 2.73 bits per heavy atom. The first-order valence-corrected chi connectivity index (χ1v) is 9.93. The van der Waals surface area contributed by atoms with Crippen molar-refractivity contribution in [2.24, 2.45) is 0 Å². The van der Waals surface area contributed by atoms with Gasteiger partial charge in [0.25, 0.3) is 5.91 Å². The first-order valence-electron chi connectivity index (χ1n) is 8.26. The molecule has 0 aromatic heterocycles. The summed E-state index contributed by atoms with van der Waals surface area (Å²) in [7, 11) is 0. The second-order valence-corrected chi connectivity index (χ2v) is 7.90. The van der Waals surface area contributed by atoms with E-state index in [2.05, 4.69) is 45.6 Å². The molecule has 0 bridgehead atoms. The first kappa shape index (κ1) is 17.3. The van der Waals surface area contributed by atoms with E-state index in [0.29, 0.717) is 16.4 Å². The number of fused-ring (bicyclic) bond motifs is 1. The molecule has 0 saturated carbocycles. The number of rotatable bonds is 4. The Kier molecular flexibility index (Phi) is 4.82. The summed E-state index contributed by atoms with van der Waals surface area (Å²) in [5.74, 6) is 1.30. The van der Waals surface area contributed by atoms with Crippen LogP contribution in [0.1, 0.15) is 18.1 Å². The standard InChI is InChI=1S/C19H17BrN2O3S/c1-2-11-3-5-13(6-4-11)21-19-22-18(23)17(26-19)8-12-7-15-16(9-14(12)20)25-10-24-15/h3-9,19,21H,2,10H2,1H3,(H,22,23)/b17-8+. The normalized spacial score (nSPS) is 19.7. The maximum absolute atomic E-state index is 12.3. The molecule has 0 radical (unpaired) electrons. The number of carbonyl (C=O) groups is 1. The molecule has 134 valence electrons. The maximum Gasteiger partial charge on any atom is 0.260 e. The van der Waals surface area contributed by atoms with E-state index in [1.165, 1.54) is 17.3 Å². The second kappa shape index (κ2) is 7.25. The number of aryl methyl sites for hydroxylation is 1. The van der Waals surface area contributed by atoms with Crippen molar-refractivity contribution in [2.45, 2.75) is 18.8 Å². The summed E-state index contributed by atoms with van der Waals surface area (Å²) in [6.45, 7) is 2.35. The fourth-order valence-corrected chi connectivity index (χ4v) is 4.15. The number of amides is 1.